The Morgan fingerprint density at radius 1 is 1.47 bits per heavy atom. The second-order valence-corrected chi connectivity index (χ2v) is 6.32. The average molecular weight is 264 g/mol. The van der Waals surface area contributed by atoms with E-state index >= 15 is 0 Å². The van der Waals surface area contributed by atoms with E-state index in [9.17, 15) is 9.59 Å². The highest BCUT2D eigenvalue weighted by molar-refractivity contribution is 5.80. The van der Waals surface area contributed by atoms with Gasteiger partial charge in [0.25, 0.3) is 0 Å². The van der Waals surface area contributed by atoms with Crippen molar-refractivity contribution in [2.75, 3.05) is 13.2 Å². The Morgan fingerprint density at radius 3 is 2.79 bits per heavy atom. The summed E-state index contributed by atoms with van der Waals surface area (Å²) in [5.74, 6) is 0.553. The quantitative estimate of drug-likeness (QED) is 0.433. The lowest BCUT2D eigenvalue weighted by atomic mass is 9.63. The number of cyclic esters (lactones) is 1. The predicted octanol–water partition coefficient (Wildman–Crippen LogP) is 1.74. The van der Waals surface area contributed by atoms with Gasteiger partial charge in [0, 0.05) is 5.57 Å². The number of rotatable bonds is 2. The number of hydrogen-bond donors (Lipinski definition) is 0. The van der Waals surface area contributed by atoms with Gasteiger partial charge in [-0.2, -0.15) is 0 Å². The first-order valence-electron chi connectivity index (χ1n) is 7.04. The van der Waals surface area contributed by atoms with Crippen LogP contribution in [-0.2, 0) is 19.1 Å². The molecule has 19 heavy (non-hydrogen) atoms. The third-order valence-corrected chi connectivity index (χ3v) is 4.91. The van der Waals surface area contributed by atoms with Crippen LogP contribution in [0.5, 0.6) is 0 Å². The van der Waals surface area contributed by atoms with Crippen molar-refractivity contribution in [3.8, 4) is 0 Å². The molecule has 1 saturated heterocycles. The maximum Gasteiger partial charge on any atom is 0.312 e. The van der Waals surface area contributed by atoms with E-state index in [4.69, 9.17) is 9.47 Å². The van der Waals surface area contributed by atoms with Gasteiger partial charge < -0.3 is 9.47 Å². The molecule has 0 aromatic rings. The summed E-state index contributed by atoms with van der Waals surface area (Å²) in [5, 5.41) is 0. The van der Waals surface area contributed by atoms with Gasteiger partial charge in [-0.1, -0.05) is 19.9 Å². The lowest BCUT2D eigenvalue weighted by Crippen LogP contribution is -2.45. The predicted molar refractivity (Wildman–Crippen MR) is 68.3 cm³/mol. The third-order valence-electron chi connectivity index (χ3n) is 4.91. The third kappa shape index (κ3) is 2.02. The molecule has 2 fully saturated rings. The van der Waals surface area contributed by atoms with E-state index in [0.717, 1.165) is 19.1 Å². The van der Waals surface area contributed by atoms with Crippen LogP contribution >= 0.6 is 0 Å². The number of esters is 1. The van der Waals surface area contributed by atoms with E-state index in [1.54, 1.807) is 0 Å². The van der Waals surface area contributed by atoms with Gasteiger partial charge in [-0.15, -0.1) is 0 Å². The minimum Gasteiger partial charge on any atom is -0.460 e. The number of carbonyl (C=O) groups excluding carboxylic acids is 2. The van der Waals surface area contributed by atoms with E-state index in [0.29, 0.717) is 24.0 Å². The zero-order chi connectivity index (χ0) is 13.6. The molecule has 0 amide bonds. The number of hydrogen-bond acceptors (Lipinski definition) is 4. The number of ether oxygens (including phenoxy) is 2. The molecule has 4 nitrogen and oxygen atoms in total. The Bertz CT molecular complexity index is 433. The van der Waals surface area contributed by atoms with Gasteiger partial charge >= 0.3 is 5.97 Å². The molecule has 104 valence electrons. The molecule has 1 saturated carbocycles. The Morgan fingerprint density at radius 2 is 2.21 bits per heavy atom. The Hall–Kier alpha value is -1.16. The normalized spacial score (nSPS) is 41.3. The molecule has 0 radical (unpaired) electrons. The Labute approximate surface area is 113 Å². The highest BCUT2D eigenvalue weighted by Gasteiger charge is 2.61. The van der Waals surface area contributed by atoms with E-state index < -0.39 is 0 Å². The summed E-state index contributed by atoms with van der Waals surface area (Å²) in [5.41, 5.74) is 0.284. The second-order valence-electron chi connectivity index (χ2n) is 6.32. The number of epoxide rings is 1. The minimum atomic E-state index is -0.304. The number of aldehydes is 1. The summed E-state index contributed by atoms with van der Waals surface area (Å²) in [6, 6.07) is 0. The summed E-state index contributed by atoms with van der Waals surface area (Å²) < 4.78 is 10.9. The van der Waals surface area contributed by atoms with Crippen molar-refractivity contribution in [1.82, 2.24) is 0 Å². The number of allylic oxidation sites excluding steroid dienone is 1. The van der Waals surface area contributed by atoms with Crippen molar-refractivity contribution >= 4 is 12.3 Å². The molecule has 1 aliphatic carbocycles. The molecule has 0 unspecified atom stereocenters. The highest BCUT2D eigenvalue weighted by atomic mass is 16.6. The molecule has 0 aromatic carbocycles. The lowest BCUT2D eigenvalue weighted by molar-refractivity contribution is -0.154. The van der Waals surface area contributed by atoms with Gasteiger partial charge in [-0.3, -0.25) is 9.59 Å². The summed E-state index contributed by atoms with van der Waals surface area (Å²) in [6.45, 7) is 5.12. The Kier molecular flexibility index (Phi) is 3.01. The molecule has 3 aliphatic rings. The number of carbonyl (C=O) groups is 2. The van der Waals surface area contributed by atoms with Gasteiger partial charge in [-0.25, -0.2) is 0 Å². The van der Waals surface area contributed by atoms with Gasteiger partial charge in [-0.05, 0) is 30.6 Å². The van der Waals surface area contributed by atoms with Crippen molar-refractivity contribution < 1.29 is 19.1 Å². The first-order valence-corrected chi connectivity index (χ1v) is 7.04. The van der Waals surface area contributed by atoms with Crippen molar-refractivity contribution in [2.45, 2.75) is 32.3 Å². The SMILES string of the molecule is CC(C)[C@H]1CC[C@@]2(CO2)[C@H]2C(=O)OCC(C=O)=C[C@H]12. The van der Waals surface area contributed by atoms with Gasteiger partial charge in [0.05, 0.1) is 12.5 Å². The fraction of sp³-hybridized carbons (Fsp3) is 0.733. The van der Waals surface area contributed by atoms with Crippen LogP contribution in [0.15, 0.2) is 11.6 Å². The van der Waals surface area contributed by atoms with Crippen molar-refractivity contribution in [1.29, 1.82) is 0 Å². The van der Waals surface area contributed by atoms with Crippen molar-refractivity contribution in [2.24, 2.45) is 23.7 Å². The van der Waals surface area contributed by atoms with Crippen LogP contribution in [0.1, 0.15) is 26.7 Å². The molecule has 0 aromatic heterocycles. The first kappa shape index (κ1) is 12.9. The lowest BCUT2D eigenvalue weighted by Gasteiger charge is -2.40. The van der Waals surface area contributed by atoms with Crippen LogP contribution in [0.25, 0.3) is 0 Å². The fourth-order valence-electron chi connectivity index (χ4n) is 3.76. The molecule has 2 aliphatic heterocycles. The summed E-state index contributed by atoms with van der Waals surface area (Å²) in [4.78, 5) is 23.3. The van der Waals surface area contributed by atoms with Gasteiger partial charge in [0.1, 0.15) is 18.5 Å². The molecule has 0 bridgehead atoms. The minimum absolute atomic E-state index is 0.0754. The summed E-state index contributed by atoms with van der Waals surface area (Å²) in [6.07, 6.45) is 4.75. The van der Waals surface area contributed by atoms with E-state index in [-0.39, 0.29) is 30.0 Å². The molecule has 3 rings (SSSR count). The smallest absolute Gasteiger partial charge is 0.312 e. The van der Waals surface area contributed by atoms with Crippen molar-refractivity contribution in [3.05, 3.63) is 11.6 Å². The van der Waals surface area contributed by atoms with Gasteiger partial charge in [0.2, 0.25) is 0 Å². The molecule has 0 N–H and O–H groups in total. The summed E-state index contributed by atoms with van der Waals surface area (Å²) >= 11 is 0. The van der Waals surface area contributed by atoms with Crippen molar-refractivity contribution in [3.63, 3.8) is 0 Å². The largest absolute Gasteiger partial charge is 0.460 e. The second kappa shape index (κ2) is 4.44. The Balaban J connectivity index is 2.00. The van der Waals surface area contributed by atoms with E-state index in [2.05, 4.69) is 13.8 Å². The molecule has 2 heterocycles. The van der Waals surface area contributed by atoms with Crippen LogP contribution in [0, 0.1) is 23.7 Å². The maximum atomic E-state index is 12.3. The fourth-order valence-corrected chi connectivity index (χ4v) is 3.76. The topological polar surface area (TPSA) is 55.9 Å². The monoisotopic (exact) mass is 264 g/mol. The van der Waals surface area contributed by atoms with Crippen LogP contribution in [0.4, 0.5) is 0 Å². The van der Waals surface area contributed by atoms with Crippen LogP contribution in [0.3, 0.4) is 0 Å². The molecule has 4 heteroatoms. The number of fused-ring (bicyclic) bond motifs is 2. The highest BCUT2D eigenvalue weighted by Crippen LogP contribution is 2.54. The van der Waals surface area contributed by atoms with E-state index in [1.807, 2.05) is 6.08 Å². The maximum absolute atomic E-state index is 12.3. The molecule has 4 atom stereocenters. The summed E-state index contributed by atoms with van der Waals surface area (Å²) in [7, 11) is 0. The van der Waals surface area contributed by atoms with Crippen LogP contribution < -0.4 is 0 Å². The molecule has 1 spiro atoms. The van der Waals surface area contributed by atoms with E-state index in [1.165, 1.54) is 0 Å². The average Bonchev–Trinajstić information content (AvgIpc) is 3.15. The standard InChI is InChI=1S/C15H20O4/c1-9(2)11-3-4-15(8-19-15)13-12(11)5-10(6-16)7-18-14(13)17/h5-6,9,11-13H,3-4,7-8H2,1-2H3/t11-,12-,13-,15-/m1/s1. The van der Waals surface area contributed by atoms with Crippen LogP contribution in [0.2, 0.25) is 0 Å². The first-order chi connectivity index (χ1) is 9.07. The zero-order valence-electron chi connectivity index (χ0n) is 11.4. The molecular formula is C15H20O4. The molecular weight excluding hydrogens is 244 g/mol. The van der Waals surface area contributed by atoms with Gasteiger partial charge in [0.15, 0.2) is 0 Å². The van der Waals surface area contributed by atoms with Crippen LogP contribution in [-0.4, -0.2) is 31.1 Å². The zero-order valence-corrected chi connectivity index (χ0v) is 11.4.